The summed E-state index contributed by atoms with van der Waals surface area (Å²) in [4.78, 5) is 9.38. The molecule has 1 aliphatic carbocycles. The number of hydrogen-bond donors (Lipinski definition) is 0. The molecule has 6 heteroatoms. The average Bonchev–Trinajstić information content (AvgIpc) is 3.98. The van der Waals surface area contributed by atoms with Gasteiger partial charge in [0, 0.05) is 76.6 Å². The number of nitrogens with zero attached hydrogens (tertiary/aromatic N) is 4. The Hall–Kier alpha value is -7.20. The van der Waals surface area contributed by atoms with E-state index in [1.807, 2.05) is 48.7 Å². The minimum Gasteiger partial charge on any atom is -0.509 e. The summed E-state index contributed by atoms with van der Waals surface area (Å²) in [6.45, 7) is 16.1. The Labute approximate surface area is 449 Å². The molecule has 366 valence electrons. The third-order valence-electron chi connectivity index (χ3n) is 15.1. The van der Waals surface area contributed by atoms with Gasteiger partial charge in [0.25, 0.3) is 0 Å². The molecule has 5 nitrogen and oxygen atoms in total. The zero-order valence-corrected chi connectivity index (χ0v) is 44.6. The number of para-hydroxylation sites is 4. The van der Waals surface area contributed by atoms with Crippen molar-refractivity contribution in [2.75, 3.05) is 9.80 Å². The molecular formula is C67H59N4OPt-3. The van der Waals surface area contributed by atoms with E-state index >= 15 is 0 Å². The van der Waals surface area contributed by atoms with Gasteiger partial charge in [-0.05, 0) is 116 Å². The summed E-state index contributed by atoms with van der Waals surface area (Å²) >= 11 is 0. The van der Waals surface area contributed by atoms with Crippen LogP contribution in [0.2, 0.25) is 0 Å². The van der Waals surface area contributed by atoms with Crippen molar-refractivity contribution in [2.24, 2.45) is 0 Å². The van der Waals surface area contributed by atoms with E-state index in [9.17, 15) is 0 Å². The molecule has 0 spiro atoms. The van der Waals surface area contributed by atoms with Crippen molar-refractivity contribution in [1.82, 2.24) is 9.55 Å². The molecule has 2 aliphatic rings. The fourth-order valence-electron chi connectivity index (χ4n) is 11.0. The van der Waals surface area contributed by atoms with Crippen LogP contribution in [0.5, 0.6) is 11.5 Å². The molecule has 1 aliphatic heterocycles. The number of pyridine rings is 1. The van der Waals surface area contributed by atoms with Gasteiger partial charge < -0.3 is 19.1 Å². The maximum absolute atomic E-state index is 8.28. The Morgan fingerprint density at radius 2 is 1.22 bits per heavy atom. The van der Waals surface area contributed by atoms with E-state index in [2.05, 4.69) is 203 Å². The summed E-state index contributed by atoms with van der Waals surface area (Å²) in [5.41, 5.74) is 16.1. The van der Waals surface area contributed by atoms with Crippen molar-refractivity contribution in [2.45, 2.75) is 84.4 Å². The van der Waals surface area contributed by atoms with Crippen molar-refractivity contribution in [3.8, 4) is 50.7 Å². The second-order valence-corrected chi connectivity index (χ2v) is 21.8. The second kappa shape index (κ2) is 18.4. The summed E-state index contributed by atoms with van der Waals surface area (Å²) in [5, 5.41) is 2.19. The largest absolute Gasteiger partial charge is 0.509 e. The van der Waals surface area contributed by atoms with Crippen molar-refractivity contribution in [3.63, 3.8) is 0 Å². The van der Waals surface area contributed by atoms with E-state index < -0.39 is 6.85 Å². The molecular weight excluding hydrogens is 1070 g/mol. The average molecular weight is 1130 g/mol. The molecule has 12 rings (SSSR count). The number of benzene rings is 8. The fraction of sp³-hybridized carbons (Fsp3) is 0.194. The van der Waals surface area contributed by atoms with Crippen LogP contribution in [-0.2, 0) is 37.3 Å². The molecule has 0 bridgehead atoms. The molecule has 0 fully saturated rings. The first-order chi connectivity index (χ1) is 35.9. The summed E-state index contributed by atoms with van der Waals surface area (Å²) in [5.74, 6) is 1.97. The van der Waals surface area contributed by atoms with Crippen molar-refractivity contribution < 1.29 is 29.9 Å². The van der Waals surface area contributed by atoms with Crippen LogP contribution >= 0.6 is 0 Å². The molecule has 2 aromatic heterocycles. The van der Waals surface area contributed by atoms with Gasteiger partial charge >= 0.3 is 0 Å². The van der Waals surface area contributed by atoms with Gasteiger partial charge in [0.15, 0.2) is 0 Å². The summed E-state index contributed by atoms with van der Waals surface area (Å²) < 4.78 is 33.7. The summed E-state index contributed by atoms with van der Waals surface area (Å²) in [7, 11) is 0. The number of aromatic nitrogens is 2. The first-order valence-electron chi connectivity index (χ1n) is 26.6. The molecule has 0 radical (unpaired) electrons. The van der Waals surface area contributed by atoms with Crippen LogP contribution in [0.3, 0.4) is 0 Å². The second-order valence-electron chi connectivity index (χ2n) is 21.8. The number of rotatable bonds is 8. The smallest absolute Gasteiger partial charge is 0.135 e. The van der Waals surface area contributed by atoms with E-state index in [1.165, 1.54) is 16.7 Å². The number of hydrogen-bond acceptors (Lipinski definition) is 4. The zero-order chi connectivity index (χ0) is 52.0. The molecule has 0 atom stereocenters. The van der Waals surface area contributed by atoms with Gasteiger partial charge in [0.05, 0.1) is 0 Å². The van der Waals surface area contributed by atoms with Gasteiger partial charge in [-0.1, -0.05) is 169 Å². The molecule has 3 heterocycles. The normalized spacial score (nSPS) is 15.5. The maximum Gasteiger partial charge on any atom is 0.135 e. The minimum atomic E-state index is -2.24. The van der Waals surface area contributed by atoms with E-state index in [4.69, 9.17) is 13.8 Å². The molecule has 73 heavy (non-hydrogen) atoms. The summed E-state index contributed by atoms with van der Waals surface area (Å²) in [6.07, 6.45) is 4.15. The first kappa shape index (κ1) is 44.5. The number of aryl methyl sites for hydroxylation is 1. The van der Waals surface area contributed by atoms with Gasteiger partial charge in [-0.15, -0.1) is 48.1 Å². The Kier molecular flexibility index (Phi) is 11.2. The first-order valence-corrected chi connectivity index (χ1v) is 25.1. The summed E-state index contributed by atoms with van der Waals surface area (Å²) in [6, 6.07) is 67.9. The van der Waals surface area contributed by atoms with Gasteiger partial charge in [0.2, 0.25) is 0 Å². The Balaban J connectivity index is 0.00000616. The third kappa shape index (κ3) is 8.56. The predicted molar refractivity (Wildman–Crippen MR) is 299 cm³/mol. The van der Waals surface area contributed by atoms with Crippen LogP contribution in [0.1, 0.15) is 87.7 Å². The molecule has 0 amide bonds. The fourth-order valence-corrected chi connectivity index (χ4v) is 11.0. The van der Waals surface area contributed by atoms with E-state index in [0.717, 1.165) is 91.0 Å². The molecule has 8 aromatic carbocycles. The maximum atomic E-state index is 8.28. The van der Waals surface area contributed by atoms with Crippen LogP contribution in [0.15, 0.2) is 182 Å². The van der Waals surface area contributed by atoms with Crippen LogP contribution in [-0.4, -0.2) is 9.55 Å². The van der Waals surface area contributed by atoms with E-state index in [-0.39, 0.29) is 37.3 Å². The van der Waals surface area contributed by atoms with Crippen molar-refractivity contribution in [3.05, 3.63) is 223 Å². The monoisotopic (exact) mass is 1130 g/mol. The number of ether oxygens (including phenoxy) is 1. The van der Waals surface area contributed by atoms with Crippen LogP contribution in [0.4, 0.5) is 22.7 Å². The molecule has 0 saturated carbocycles. The topological polar surface area (TPSA) is 33.5 Å². The Bertz CT molecular complexity index is 3850. The quantitative estimate of drug-likeness (QED) is 0.142. The van der Waals surface area contributed by atoms with Crippen LogP contribution in [0.25, 0.3) is 61.0 Å². The van der Waals surface area contributed by atoms with Crippen LogP contribution < -0.4 is 14.5 Å². The molecule has 0 N–H and O–H groups in total. The van der Waals surface area contributed by atoms with Crippen LogP contribution in [0, 0.1) is 25.7 Å². The Morgan fingerprint density at radius 1 is 0.589 bits per heavy atom. The minimum absolute atomic E-state index is 0. The molecule has 10 aromatic rings. The third-order valence-corrected chi connectivity index (χ3v) is 15.1. The van der Waals surface area contributed by atoms with Gasteiger partial charge in [0.1, 0.15) is 5.82 Å². The molecule has 0 saturated heterocycles. The number of anilines is 4. The van der Waals surface area contributed by atoms with Crippen molar-refractivity contribution in [1.29, 1.82) is 0 Å². The van der Waals surface area contributed by atoms with Gasteiger partial charge in [-0.25, -0.2) is 4.98 Å². The van der Waals surface area contributed by atoms with Gasteiger partial charge in [-0.3, -0.25) is 0 Å². The number of fused-ring (bicyclic) bond motifs is 5. The van der Waals surface area contributed by atoms with E-state index in [0.29, 0.717) is 22.6 Å². The van der Waals surface area contributed by atoms with E-state index in [1.54, 1.807) is 12.1 Å². The van der Waals surface area contributed by atoms with Gasteiger partial charge in [-0.2, -0.15) is 12.1 Å². The Morgan fingerprint density at radius 3 is 1.99 bits per heavy atom. The predicted octanol–water partition coefficient (Wildman–Crippen LogP) is 17.9. The molecule has 0 unspecified atom stereocenters. The SMILES string of the molecule is [2H]C([2H])([2H])c1ccccc1-c1ccc(-c2cccc(-c3ccc4c(c3)C(C)(C)CCC4(C)C)c2N2[CH-]N(c3[c-]c(Oc4[c-]c5c(cc4)c4ccccc4n5-c4cc(C(C)(C)C)ccn4)ccc3)c3ccccc32)cc1.[Pt]. The standard InChI is InChI=1S/C67H59N4O.Pt/c1-44-17-9-10-20-52(44)45-27-29-46(30-28-45)53-22-16-23-54(47-31-34-57-58(39-47)67(7,8)37-36-66(57,5)6)64(53)70-43-69(60-25-13-14-26-61(60)70)49-18-15-19-50(41-49)72-51-32-33-56-55-21-11-12-24-59(55)71(62(56)42-51)63-40-48(35-38-68-63)65(2,3)4;/h9-35,38-40,43H,36-37H2,1-8H3;/q-3;/i1D3;. The zero-order valence-electron chi connectivity index (χ0n) is 45.3. The van der Waals surface area contributed by atoms with Crippen molar-refractivity contribution >= 4 is 44.6 Å².